The smallest absolute Gasteiger partial charge is 0.171 e. The molecule has 0 saturated carbocycles. The van der Waals surface area contributed by atoms with Gasteiger partial charge in [0.05, 0.1) is 12.6 Å². The highest BCUT2D eigenvalue weighted by atomic mass is 32.1. The quantitative estimate of drug-likeness (QED) is 0.559. The van der Waals surface area contributed by atoms with E-state index in [1.54, 1.807) is 0 Å². The van der Waals surface area contributed by atoms with Gasteiger partial charge in [-0.3, -0.25) is 0 Å². The van der Waals surface area contributed by atoms with Crippen molar-refractivity contribution in [1.29, 1.82) is 0 Å². The zero-order chi connectivity index (χ0) is 19.1. The molecule has 0 aliphatic rings. The maximum atomic E-state index is 5.59. The van der Waals surface area contributed by atoms with Gasteiger partial charge in [0, 0.05) is 5.69 Å². The van der Waals surface area contributed by atoms with Crippen molar-refractivity contribution in [3.63, 3.8) is 0 Å². The van der Waals surface area contributed by atoms with Crippen molar-refractivity contribution >= 4 is 23.0 Å². The van der Waals surface area contributed by atoms with E-state index in [0.717, 1.165) is 11.4 Å². The van der Waals surface area contributed by atoms with Gasteiger partial charge in [-0.15, -0.1) is 0 Å². The number of hydrogen-bond donors (Lipinski definition) is 2. The third-order valence-corrected chi connectivity index (χ3v) is 4.55. The molecule has 0 spiro atoms. The van der Waals surface area contributed by atoms with Crippen molar-refractivity contribution in [3.05, 3.63) is 95.6 Å². The van der Waals surface area contributed by atoms with E-state index in [0.29, 0.717) is 11.7 Å². The second-order valence-electron chi connectivity index (χ2n) is 6.26. The van der Waals surface area contributed by atoms with Crippen LogP contribution in [0.25, 0.3) is 0 Å². The molecule has 3 rings (SSSR count). The summed E-state index contributed by atoms with van der Waals surface area (Å²) in [5.74, 6) is 0.851. The first-order chi connectivity index (χ1) is 13.2. The predicted molar refractivity (Wildman–Crippen MR) is 116 cm³/mol. The lowest BCUT2D eigenvalue weighted by molar-refractivity contribution is 0.340. The molecule has 0 radical (unpaired) electrons. The second-order valence-corrected chi connectivity index (χ2v) is 6.66. The van der Waals surface area contributed by atoms with Crippen LogP contribution in [0, 0.1) is 6.92 Å². The van der Waals surface area contributed by atoms with Gasteiger partial charge in [0.15, 0.2) is 5.11 Å². The largest absolute Gasteiger partial charge is 0.494 e. The summed E-state index contributed by atoms with van der Waals surface area (Å²) in [6.45, 7) is 4.75. The Morgan fingerprint density at radius 3 is 2.26 bits per heavy atom. The molecule has 3 aromatic rings. The van der Waals surface area contributed by atoms with Crippen molar-refractivity contribution in [2.75, 3.05) is 11.9 Å². The summed E-state index contributed by atoms with van der Waals surface area (Å²) in [5.41, 5.74) is 4.53. The standard InChI is InChI=1S/C23H24N2OS/c1-3-26-20-15-13-19(14-16-20)24-23(27)25-22(18-10-5-4-6-11-18)21-12-8-7-9-17(21)2/h4-16,22H,3H2,1-2H3,(H2,24,25,27). The van der Waals surface area contributed by atoms with Crippen molar-refractivity contribution in [1.82, 2.24) is 5.32 Å². The molecule has 0 bridgehead atoms. The van der Waals surface area contributed by atoms with Crippen LogP contribution in [0.3, 0.4) is 0 Å². The molecule has 0 aromatic heterocycles. The van der Waals surface area contributed by atoms with Gasteiger partial charge < -0.3 is 15.4 Å². The van der Waals surface area contributed by atoms with Gasteiger partial charge >= 0.3 is 0 Å². The Morgan fingerprint density at radius 1 is 0.926 bits per heavy atom. The summed E-state index contributed by atoms with van der Waals surface area (Å²) in [6, 6.07) is 26.5. The lowest BCUT2D eigenvalue weighted by atomic mass is 9.95. The molecule has 0 aliphatic heterocycles. The molecular weight excluding hydrogens is 352 g/mol. The summed E-state index contributed by atoms with van der Waals surface area (Å²) in [7, 11) is 0. The van der Waals surface area contributed by atoms with E-state index in [9.17, 15) is 0 Å². The first kappa shape index (κ1) is 18.9. The SMILES string of the molecule is CCOc1ccc(NC(=S)NC(c2ccccc2)c2ccccc2C)cc1. The second kappa shape index (κ2) is 9.19. The molecule has 0 aliphatic carbocycles. The topological polar surface area (TPSA) is 33.3 Å². The molecule has 27 heavy (non-hydrogen) atoms. The van der Waals surface area contributed by atoms with Gasteiger partial charge in [-0.05, 0) is 67.0 Å². The average molecular weight is 377 g/mol. The third-order valence-electron chi connectivity index (χ3n) is 4.33. The molecule has 3 aromatic carbocycles. The van der Waals surface area contributed by atoms with Crippen LogP contribution in [0.4, 0.5) is 5.69 Å². The molecule has 0 fully saturated rings. The highest BCUT2D eigenvalue weighted by Crippen LogP contribution is 2.25. The zero-order valence-electron chi connectivity index (χ0n) is 15.6. The molecule has 1 atom stereocenters. The zero-order valence-corrected chi connectivity index (χ0v) is 16.4. The summed E-state index contributed by atoms with van der Waals surface area (Å²) < 4.78 is 5.48. The van der Waals surface area contributed by atoms with E-state index in [4.69, 9.17) is 17.0 Å². The highest BCUT2D eigenvalue weighted by Gasteiger charge is 2.16. The van der Waals surface area contributed by atoms with Crippen LogP contribution in [0.2, 0.25) is 0 Å². The Balaban J connectivity index is 1.78. The number of nitrogens with one attached hydrogen (secondary N) is 2. The first-order valence-electron chi connectivity index (χ1n) is 9.08. The maximum absolute atomic E-state index is 5.59. The lowest BCUT2D eigenvalue weighted by Crippen LogP contribution is -2.33. The minimum Gasteiger partial charge on any atom is -0.494 e. The van der Waals surface area contributed by atoms with E-state index >= 15 is 0 Å². The monoisotopic (exact) mass is 376 g/mol. The van der Waals surface area contributed by atoms with Crippen LogP contribution in [0.15, 0.2) is 78.9 Å². The molecule has 0 amide bonds. The van der Waals surface area contributed by atoms with E-state index in [1.807, 2.05) is 49.4 Å². The number of thiocarbonyl (C=S) groups is 1. The lowest BCUT2D eigenvalue weighted by Gasteiger charge is -2.23. The van der Waals surface area contributed by atoms with E-state index in [2.05, 4.69) is 54.0 Å². The van der Waals surface area contributed by atoms with Gasteiger partial charge in [-0.1, -0.05) is 54.6 Å². The maximum Gasteiger partial charge on any atom is 0.171 e. The molecule has 0 saturated heterocycles. The Hall–Kier alpha value is -2.85. The number of anilines is 1. The van der Waals surface area contributed by atoms with Crippen molar-refractivity contribution in [2.45, 2.75) is 19.9 Å². The van der Waals surface area contributed by atoms with E-state index in [-0.39, 0.29) is 6.04 Å². The van der Waals surface area contributed by atoms with E-state index < -0.39 is 0 Å². The highest BCUT2D eigenvalue weighted by molar-refractivity contribution is 7.80. The van der Waals surface area contributed by atoms with Crippen molar-refractivity contribution in [2.24, 2.45) is 0 Å². The molecule has 0 heterocycles. The molecule has 4 heteroatoms. The van der Waals surface area contributed by atoms with Gasteiger partial charge in [0.2, 0.25) is 0 Å². The van der Waals surface area contributed by atoms with Crippen LogP contribution in [0.1, 0.15) is 29.7 Å². The first-order valence-corrected chi connectivity index (χ1v) is 9.49. The van der Waals surface area contributed by atoms with Gasteiger partial charge in [0.25, 0.3) is 0 Å². The van der Waals surface area contributed by atoms with Gasteiger partial charge in [-0.25, -0.2) is 0 Å². The molecule has 1 unspecified atom stereocenters. The number of rotatable bonds is 6. The molecule has 2 N–H and O–H groups in total. The average Bonchev–Trinajstić information content (AvgIpc) is 2.69. The van der Waals surface area contributed by atoms with Gasteiger partial charge in [0.1, 0.15) is 5.75 Å². The number of aryl methyl sites for hydroxylation is 1. The Kier molecular flexibility index (Phi) is 6.44. The Morgan fingerprint density at radius 2 is 1.59 bits per heavy atom. The predicted octanol–water partition coefficient (Wildman–Crippen LogP) is 5.47. The van der Waals surface area contributed by atoms with Crippen LogP contribution >= 0.6 is 12.2 Å². The van der Waals surface area contributed by atoms with Crippen LogP contribution in [0.5, 0.6) is 5.75 Å². The minimum absolute atomic E-state index is 0.0184. The van der Waals surface area contributed by atoms with Crippen LogP contribution in [-0.2, 0) is 0 Å². The van der Waals surface area contributed by atoms with Gasteiger partial charge in [-0.2, -0.15) is 0 Å². The molecular formula is C23H24N2OS. The fourth-order valence-electron chi connectivity index (χ4n) is 3.00. The fraction of sp³-hybridized carbons (Fsp3) is 0.174. The Labute approximate surface area is 166 Å². The summed E-state index contributed by atoms with van der Waals surface area (Å²) in [4.78, 5) is 0. The molecule has 138 valence electrons. The fourth-order valence-corrected chi connectivity index (χ4v) is 3.23. The Bertz CT molecular complexity index is 878. The number of hydrogen-bond acceptors (Lipinski definition) is 2. The van der Waals surface area contributed by atoms with Crippen LogP contribution < -0.4 is 15.4 Å². The third kappa shape index (κ3) is 5.08. The van der Waals surface area contributed by atoms with Crippen molar-refractivity contribution < 1.29 is 4.74 Å². The number of benzene rings is 3. The minimum atomic E-state index is -0.0184. The summed E-state index contributed by atoms with van der Waals surface area (Å²) in [6.07, 6.45) is 0. The van der Waals surface area contributed by atoms with Crippen LogP contribution in [-0.4, -0.2) is 11.7 Å². The normalized spacial score (nSPS) is 11.5. The van der Waals surface area contributed by atoms with E-state index in [1.165, 1.54) is 16.7 Å². The number of ether oxygens (including phenoxy) is 1. The summed E-state index contributed by atoms with van der Waals surface area (Å²) in [5, 5.41) is 7.31. The summed E-state index contributed by atoms with van der Waals surface area (Å²) >= 11 is 5.59. The van der Waals surface area contributed by atoms with Crippen molar-refractivity contribution in [3.8, 4) is 5.75 Å². The molecule has 3 nitrogen and oxygen atoms in total.